The number of nitrogens with zero attached hydrogens (tertiary/aromatic N) is 1. The molecule has 0 saturated carbocycles. The van der Waals surface area contributed by atoms with Gasteiger partial charge in [0.1, 0.15) is 5.75 Å². The van der Waals surface area contributed by atoms with Gasteiger partial charge in [-0.15, -0.1) is 0 Å². The van der Waals surface area contributed by atoms with Crippen LogP contribution in [-0.4, -0.2) is 52.0 Å². The first-order valence-electron chi connectivity index (χ1n) is 7.24. The minimum atomic E-state index is 0.324. The fourth-order valence-corrected chi connectivity index (χ4v) is 2.30. The maximum atomic E-state index is 5.71. The fraction of sp³-hybridized carbons (Fsp3) is 0.625. The maximum Gasteiger partial charge on any atom is 0.123 e. The normalized spacial score (nSPS) is 12.7. The Bertz CT molecular complexity index is 413. The molecule has 0 aliphatic carbocycles. The highest BCUT2D eigenvalue weighted by Gasteiger charge is 2.15. The topological polar surface area (TPSA) is 57.0 Å². The monoisotopic (exact) mass is 296 g/mol. The summed E-state index contributed by atoms with van der Waals surface area (Å²) in [6.45, 7) is 5.73. The van der Waals surface area contributed by atoms with E-state index in [0.717, 1.165) is 24.4 Å². The molecule has 0 aliphatic rings. The first-order chi connectivity index (χ1) is 10.2. The van der Waals surface area contributed by atoms with Crippen LogP contribution in [0.3, 0.4) is 0 Å². The lowest BCUT2D eigenvalue weighted by Gasteiger charge is -2.28. The summed E-state index contributed by atoms with van der Waals surface area (Å²) in [5, 5.41) is 0. The number of hydrogen-bond acceptors (Lipinski definition) is 5. The van der Waals surface area contributed by atoms with Gasteiger partial charge < -0.3 is 19.9 Å². The van der Waals surface area contributed by atoms with Crippen molar-refractivity contribution in [3.05, 3.63) is 29.3 Å². The molecule has 0 amide bonds. The maximum absolute atomic E-state index is 5.71. The predicted molar refractivity (Wildman–Crippen MR) is 84.5 cm³/mol. The molecule has 5 nitrogen and oxygen atoms in total. The number of nitrogens with two attached hydrogens (primary N) is 1. The van der Waals surface area contributed by atoms with E-state index in [0.29, 0.717) is 25.8 Å². The molecule has 0 aliphatic heterocycles. The quantitative estimate of drug-likeness (QED) is 0.711. The smallest absolute Gasteiger partial charge is 0.123 e. The van der Waals surface area contributed by atoms with Crippen LogP contribution in [0.25, 0.3) is 0 Å². The van der Waals surface area contributed by atoms with Crippen molar-refractivity contribution in [1.29, 1.82) is 0 Å². The minimum Gasteiger partial charge on any atom is -0.496 e. The molecule has 1 rings (SSSR count). The molecule has 1 aromatic carbocycles. The van der Waals surface area contributed by atoms with E-state index in [1.807, 2.05) is 6.07 Å². The molecular formula is C16H28N2O3. The van der Waals surface area contributed by atoms with Crippen LogP contribution in [0.1, 0.15) is 18.1 Å². The van der Waals surface area contributed by atoms with Gasteiger partial charge in [-0.1, -0.05) is 12.1 Å². The van der Waals surface area contributed by atoms with Gasteiger partial charge >= 0.3 is 0 Å². The predicted octanol–water partition coefficient (Wildman–Crippen LogP) is 1.64. The lowest BCUT2D eigenvalue weighted by atomic mass is 10.1. The number of hydrogen-bond donors (Lipinski definition) is 1. The molecule has 0 spiro atoms. The zero-order valence-electron chi connectivity index (χ0n) is 13.6. The summed E-state index contributed by atoms with van der Waals surface area (Å²) >= 11 is 0. The SMILES string of the molecule is COCCN(Cc1ccc(CN)c(OC)c1)C(C)COC. The summed E-state index contributed by atoms with van der Waals surface area (Å²) in [5.74, 6) is 0.848. The van der Waals surface area contributed by atoms with Crippen molar-refractivity contribution < 1.29 is 14.2 Å². The molecule has 0 saturated heterocycles. The molecule has 1 atom stereocenters. The zero-order chi connectivity index (χ0) is 15.7. The van der Waals surface area contributed by atoms with Crippen molar-refractivity contribution >= 4 is 0 Å². The van der Waals surface area contributed by atoms with Gasteiger partial charge in [0.25, 0.3) is 0 Å². The molecule has 0 aromatic heterocycles. The number of ether oxygens (including phenoxy) is 3. The molecule has 1 aromatic rings. The zero-order valence-corrected chi connectivity index (χ0v) is 13.6. The van der Waals surface area contributed by atoms with Crippen molar-refractivity contribution in [2.24, 2.45) is 5.73 Å². The Morgan fingerprint density at radius 3 is 2.52 bits per heavy atom. The van der Waals surface area contributed by atoms with Gasteiger partial charge in [-0.2, -0.15) is 0 Å². The van der Waals surface area contributed by atoms with E-state index in [4.69, 9.17) is 19.9 Å². The second-order valence-electron chi connectivity index (χ2n) is 5.12. The Balaban J connectivity index is 2.81. The first kappa shape index (κ1) is 17.9. The van der Waals surface area contributed by atoms with Gasteiger partial charge in [-0.3, -0.25) is 4.90 Å². The van der Waals surface area contributed by atoms with Gasteiger partial charge in [-0.25, -0.2) is 0 Å². The molecule has 5 heteroatoms. The Morgan fingerprint density at radius 1 is 1.19 bits per heavy atom. The van der Waals surface area contributed by atoms with Gasteiger partial charge in [-0.05, 0) is 18.6 Å². The summed E-state index contributed by atoms with van der Waals surface area (Å²) in [5.41, 5.74) is 7.93. The van der Waals surface area contributed by atoms with Crippen molar-refractivity contribution in [3.8, 4) is 5.75 Å². The van der Waals surface area contributed by atoms with Gasteiger partial charge in [0.2, 0.25) is 0 Å². The van der Waals surface area contributed by atoms with E-state index < -0.39 is 0 Å². The fourth-order valence-electron chi connectivity index (χ4n) is 2.30. The second kappa shape index (κ2) is 9.73. The van der Waals surface area contributed by atoms with Gasteiger partial charge in [0.15, 0.2) is 0 Å². The Hall–Kier alpha value is -1.14. The van der Waals surface area contributed by atoms with Crippen LogP contribution in [0, 0.1) is 0 Å². The van der Waals surface area contributed by atoms with E-state index in [9.17, 15) is 0 Å². The van der Waals surface area contributed by atoms with Crippen molar-refractivity contribution in [1.82, 2.24) is 4.90 Å². The highest BCUT2D eigenvalue weighted by Crippen LogP contribution is 2.21. The first-order valence-corrected chi connectivity index (χ1v) is 7.24. The van der Waals surface area contributed by atoms with Crippen LogP contribution < -0.4 is 10.5 Å². The van der Waals surface area contributed by atoms with Crippen LogP contribution in [0.5, 0.6) is 5.75 Å². The number of methoxy groups -OCH3 is 3. The number of rotatable bonds is 10. The molecule has 0 bridgehead atoms. The third-order valence-electron chi connectivity index (χ3n) is 3.57. The average Bonchev–Trinajstić information content (AvgIpc) is 2.51. The lowest BCUT2D eigenvalue weighted by molar-refractivity contribution is 0.0705. The van der Waals surface area contributed by atoms with E-state index in [2.05, 4.69) is 24.0 Å². The standard InChI is InChI=1S/C16H28N2O3/c1-13(12-20-3)18(7-8-19-2)11-14-5-6-15(10-17)16(9-14)21-4/h5-6,9,13H,7-8,10-12,17H2,1-4H3. The van der Waals surface area contributed by atoms with Crippen LogP contribution in [0.4, 0.5) is 0 Å². The molecule has 0 fully saturated rings. The third-order valence-corrected chi connectivity index (χ3v) is 3.57. The Kier molecular flexibility index (Phi) is 8.30. The molecule has 120 valence electrons. The highest BCUT2D eigenvalue weighted by molar-refractivity contribution is 5.37. The second-order valence-corrected chi connectivity index (χ2v) is 5.12. The van der Waals surface area contributed by atoms with Crippen molar-refractivity contribution in [2.75, 3.05) is 41.1 Å². The molecule has 0 radical (unpaired) electrons. The van der Waals surface area contributed by atoms with Gasteiger partial charge in [0, 0.05) is 45.5 Å². The van der Waals surface area contributed by atoms with Crippen LogP contribution in [0.15, 0.2) is 18.2 Å². The van der Waals surface area contributed by atoms with Crippen molar-refractivity contribution in [3.63, 3.8) is 0 Å². The van der Waals surface area contributed by atoms with E-state index >= 15 is 0 Å². The summed E-state index contributed by atoms with van der Waals surface area (Å²) in [6.07, 6.45) is 0. The summed E-state index contributed by atoms with van der Waals surface area (Å²) in [6, 6.07) is 6.51. The van der Waals surface area contributed by atoms with Crippen LogP contribution >= 0.6 is 0 Å². The molecular weight excluding hydrogens is 268 g/mol. The molecule has 1 unspecified atom stereocenters. The van der Waals surface area contributed by atoms with Crippen LogP contribution in [0.2, 0.25) is 0 Å². The van der Waals surface area contributed by atoms with Crippen LogP contribution in [-0.2, 0) is 22.6 Å². The third kappa shape index (κ3) is 5.63. The van der Waals surface area contributed by atoms with Crippen molar-refractivity contribution in [2.45, 2.75) is 26.1 Å². The van der Waals surface area contributed by atoms with E-state index in [1.54, 1.807) is 21.3 Å². The van der Waals surface area contributed by atoms with Gasteiger partial charge in [0.05, 0.1) is 20.3 Å². The minimum absolute atomic E-state index is 0.324. The Labute approximate surface area is 128 Å². The van der Waals surface area contributed by atoms with E-state index in [1.165, 1.54) is 5.56 Å². The largest absolute Gasteiger partial charge is 0.496 e. The summed E-state index contributed by atoms with van der Waals surface area (Å²) in [7, 11) is 5.12. The average molecular weight is 296 g/mol. The molecule has 2 N–H and O–H groups in total. The summed E-state index contributed by atoms with van der Waals surface area (Å²) in [4.78, 5) is 2.34. The molecule has 0 heterocycles. The van der Waals surface area contributed by atoms with E-state index in [-0.39, 0.29) is 0 Å². The Morgan fingerprint density at radius 2 is 1.95 bits per heavy atom. The number of benzene rings is 1. The lowest BCUT2D eigenvalue weighted by Crippen LogP contribution is -2.38. The molecule has 21 heavy (non-hydrogen) atoms. The highest BCUT2D eigenvalue weighted by atomic mass is 16.5. The summed E-state index contributed by atoms with van der Waals surface area (Å²) < 4.78 is 15.9.